The van der Waals surface area contributed by atoms with Crippen molar-refractivity contribution in [2.24, 2.45) is 0 Å². The van der Waals surface area contributed by atoms with Crippen LogP contribution in [0.25, 0.3) is 16.9 Å². The van der Waals surface area contributed by atoms with Crippen LogP contribution in [0.1, 0.15) is 22.5 Å². The summed E-state index contributed by atoms with van der Waals surface area (Å²) >= 11 is 0. The maximum absolute atomic E-state index is 13.9. The topological polar surface area (TPSA) is 77.8 Å². The maximum atomic E-state index is 13.9. The lowest BCUT2D eigenvalue weighted by atomic mass is 10.1. The van der Waals surface area contributed by atoms with Gasteiger partial charge in [-0.3, -0.25) is 4.79 Å². The Morgan fingerprint density at radius 1 is 0.881 bits per heavy atom. The van der Waals surface area contributed by atoms with Gasteiger partial charge >= 0.3 is 12.3 Å². The zero-order chi connectivity index (χ0) is 29.9. The van der Waals surface area contributed by atoms with E-state index in [1.165, 1.54) is 18.2 Å². The van der Waals surface area contributed by atoms with E-state index in [1.807, 2.05) is 0 Å². The summed E-state index contributed by atoms with van der Waals surface area (Å²) in [4.78, 5) is 17.7. The average molecular weight is 586 g/mol. The molecule has 7 nitrogen and oxygen atoms in total. The van der Waals surface area contributed by atoms with Gasteiger partial charge in [-0.15, -0.1) is 0 Å². The Labute approximate surface area is 234 Å². The number of nitrogens with one attached hydrogen (secondary N) is 1. The van der Waals surface area contributed by atoms with Crippen LogP contribution in [0, 0.1) is 0 Å². The van der Waals surface area contributed by atoms with Gasteiger partial charge in [0.1, 0.15) is 28.5 Å². The number of rotatable bonds is 10. The van der Waals surface area contributed by atoms with Crippen LogP contribution in [0.3, 0.4) is 0 Å². The van der Waals surface area contributed by atoms with Crippen molar-refractivity contribution < 1.29 is 40.6 Å². The summed E-state index contributed by atoms with van der Waals surface area (Å²) in [5.74, 6) is -5.18. The summed E-state index contributed by atoms with van der Waals surface area (Å²) < 4.78 is 91.7. The maximum Gasteiger partial charge on any atom is 0.340 e. The van der Waals surface area contributed by atoms with Crippen LogP contribution in [0.2, 0.25) is 0 Å². The fourth-order valence-electron chi connectivity index (χ4n) is 3.91. The third-order valence-electron chi connectivity index (χ3n) is 5.90. The number of carbonyl (C=O) groups is 1. The van der Waals surface area contributed by atoms with Gasteiger partial charge in [-0.25, -0.2) is 27.1 Å². The smallest absolute Gasteiger partial charge is 0.340 e. The zero-order valence-electron chi connectivity index (χ0n) is 21.4. The van der Waals surface area contributed by atoms with E-state index >= 15 is 0 Å². The van der Waals surface area contributed by atoms with E-state index in [9.17, 15) is 31.1 Å². The number of benzene rings is 3. The molecule has 0 fully saturated rings. The minimum atomic E-state index is -4.43. The lowest BCUT2D eigenvalue weighted by Gasteiger charge is -2.17. The van der Waals surface area contributed by atoms with E-state index in [1.54, 1.807) is 60.7 Å². The van der Waals surface area contributed by atoms with Crippen molar-refractivity contribution in [3.63, 3.8) is 0 Å². The fraction of sp³-hybridized carbons (Fsp3) is 0.138. The number of aromatic nitrogens is 3. The molecule has 0 bridgehead atoms. The van der Waals surface area contributed by atoms with Crippen LogP contribution in [-0.2, 0) is 0 Å². The van der Waals surface area contributed by atoms with E-state index in [-0.39, 0.29) is 34.1 Å². The molecule has 2 aromatic heterocycles. The van der Waals surface area contributed by atoms with Crippen LogP contribution in [0.5, 0.6) is 17.2 Å². The Hall–Kier alpha value is -5.07. The highest BCUT2D eigenvalue weighted by Crippen LogP contribution is 2.33. The first-order valence-corrected chi connectivity index (χ1v) is 12.3. The first kappa shape index (κ1) is 28.5. The van der Waals surface area contributed by atoms with Crippen molar-refractivity contribution in [2.45, 2.75) is 18.8 Å². The molecule has 0 aliphatic carbocycles. The predicted octanol–water partition coefficient (Wildman–Crippen LogP) is 7.66. The molecule has 0 radical (unpaired) electrons. The van der Waals surface area contributed by atoms with Gasteiger partial charge < -0.3 is 14.8 Å². The molecular formula is C29H20F6N4O3. The van der Waals surface area contributed by atoms with E-state index in [0.717, 1.165) is 16.8 Å². The number of alkyl halides is 6. The van der Waals surface area contributed by atoms with Gasteiger partial charge in [0.15, 0.2) is 12.3 Å². The third-order valence-corrected chi connectivity index (χ3v) is 5.90. The van der Waals surface area contributed by atoms with Crippen LogP contribution in [0.4, 0.5) is 32.0 Å². The van der Waals surface area contributed by atoms with Gasteiger partial charge in [-0.2, -0.15) is 13.9 Å². The molecule has 42 heavy (non-hydrogen) atoms. The lowest BCUT2D eigenvalue weighted by molar-refractivity contribution is -0.148. The molecule has 216 valence electrons. The molecule has 3 aromatic carbocycles. The predicted molar refractivity (Wildman–Crippen MR) is 141 cm³/mol. The molecule has 0 unspecified atom stereocenters. The summed E-state index contributed by atoms with van der Waals surface area (Å²) in [7, 11) is 0. The number of amides is 1. The van der Waals surface area contributed by atoms with E-state index in [4.69, 9.17) is 9.47 Å². The molecule has 13 heteroatoms. The highest BCUT2D eigenvalue weighted by atomic mass is 19.3. The number of para-hydroxylation sites is 1. The lowest BCUT2D eigenvalue weighted by Crippen LogP contribution is -2.33. The monoisotopic (exact) mass is 586 g/mol. The minimum Gasteiger partial charge on any atom is -0.487 e. The second-order valence-electron chi connectivity index (χ2n) is 8.94. The van der Waals surface area contributed by atoms with E-state index in [2.05, 4.69) is 15.4 Å². The van der Waals surface area contributed by atoms with E-state index < -0.39 is 37.0 Å². The number of halogens is 6. The number of anilines is 1. The first-order chi connectivity index (χ1) is 20.1. The minimum absolute atomic E-state index is 0.0266. The summed E-state index contributed by atoms with van der Waals surface area (Å²) in [5, 5.41) is 6.43. The van der Waals surface area contributed by atoms with Gasteiger partial charge in [0, 0.05) is 29.4 Å². The second kappa shape index (κ2) is 11.8. The van der Waals surface area contributed by atoms with Crippen LogP contribution < -0.4 is 14.8 Å². The van der Waals surface area contributed by atoms with Gasteiger partial charge in [0.25, 0.3) is 12.3 Å². The molecule has 2 heterocycles. The van der Waals surface area contributed by atoms with E-state index in [0.29, 0.717) is 11.3 Å². The third kappa shape index (κ3) is 6.29. The standard InChI is InChI=1S/C29H20F6N4O3/c30-25(31)24-14-23(17-7-3-1-4-8-17)38-26-22(15-36-39(24)26)27(40)37-18-11-20(41-16-29(34,35)28(32)33)13-21(12-18)42-19-9-5-2-6-10-19/h1-15,25,28H,16H2,(H,37,40). The highest BCUT2D eigenvalue weighted by molar-refractivity contribution is 6.08. The van der Waals surface area contributed by atoms with Crippen molar-refractivity contribution in [3.05, 3.63) is 102 Å². The number of nitrogens with zero attached hydrogens (tertiary/aromatic N) is 3. The molecule has 0 atom stereocenters. The normalized spacial score (nSPS) is 11.7. The van der Waals surface area contributed by atoms with Crippen molar-refractivity contribution >= 4 is 17.2 Å². The molecule has 0 saturated heterocycles. The van der Waals surface area contributed by atoms with Crippen molar-refractivity contribution in [1.29, 1.82) is 0 Å². The van der Waals surface area contributed by atoms with Crippen molar-refractivity contribution in [1.82, 2.24) is 14.6 Å². The molecule has 1 N–H and O–H groups in total. The first-order valence-electron chi connectivity index (χ1n) is 12.3. The Bertz CT molecular complexity index is 1700. The van der Waals surface area contributed by atoms with Crippen LogP contribution >= 0.6 is 0 Å². The van der Waals surface area contributed by atoms with Crippen LogP contribution in [-0.4, -0.2) is 39.5 Å². The quantitative estimate of drug-likeness (QED) is 0.170. The Kier molecular flexibility index (Phi) is 8.00. The number of carbonyl (C=O) groups excluding carboxylic acids is 1. The van der Waals surface area contributed by atoms with Gasteiger partial charge in [-0.05, 0) is 18.2 Å². The molecule has 5 aromatic rings. The Morgan fingerprint density at radius 3 is 2.21 bits per heavy atom. The Balaban J connectivity index is 1.49. The van der Waals surface area contributed by atoms with Gasteiger partial charge in [0.2, 0.25) is 0 Å². The Morgan fingerprint density at radius 2 is 1.55 bits per heavy atom. The van der Waals surface area contributed by atoms with Crippen LogP contribution in [0.15, 0.2) is 91.1 Å². The molecule has 5 rings (SSSR count). The van der Waals surface area contributed by atoms with Gasteiger partial charge in [0.05, 0.1) is 11.9 Å². The summed E-state index contributed by atoms with van der Waals surface area (Å²) in [6.45, 7) is -1.64. The summed E-state index contributed by atoms with van der Waals surface area (Å²) in [6, 6.07) is 21.6. The molecule has 0 aliphatic rings. The summed E-state index contributed by atoms with van der Waals surface area (Å²) in [5.41, 5.74) is -0.141. The summed E-state index contributed by atoms with van der Waals surface area (Å²) in [6.07, 6.45) is -5.84. The molecular weight excluding hydrogens is 566 g/mol. The van der Waals surface area contributed by atoms with Crippen molar-refractivity contribution in [3.8, 4) is 28.5 Å². The molecule has 0 aliphatic heterocycles. The SMILES string of the molecule is O=C(Nc1cc(OCC(F)(F)C(F)F)cc(Oc2ccccc2)c1)c1cnn2c(C(F)F)cc(-c3ccccc3)nc12. The van der Waals surface area contributed by atoms with Crippen molar-refractivity contribution in [2.75, 3.05) is 11.9 Å². The molecule has 0 saturated carbocycles. The zero-order valence-corrected chi connectivity index (χ0v) is 21.4. The average Bonchev–Trinajstić information content (AvgIpc) is 3.41. The molecule has 0 spiro atoms. The highest BCUT2D eigenvalue weighted by Gasteiger charge is 2.41. The largest absolute Gasteiger partial charge is 0.487 e. The molecule has 1 amide bonds. The second-order valence-corrected chi connectivity index (χ2v) is 8.94. The number of fused-ring (bicyclic) bond motifs is 1. The number of hydrogen-bond acceptors (Lipinski definition) is 5. The fourth-order valence-corrected chi connectivity index (χ4v) is 3.91. The number of ether oxygens (including phenoxy) is 2. The number of hydrogen-bond donors (Lipinski definition) is 1. The van der Waals surface area contributed by atoms with Gasteiger partial charge in [-0.1, -0.05) is 48.5 Å².